The summed E-state index contributed by atoms with van der Waals surface area (Å²) in [5, 5.41) is 0. The molecule has 0 spiro atoms. The van der Waals surface area contributed by atoms with E-state index in [1.54, 1.807) is 7.11 Å². The average molecular weight is 325 g/mol. The van der Waals surface area contributed by atoms with Crippen LogP contribution in [0.2, 0.25) is 0 Å². The number of benzene rings is 1. The van der Waals surface area contributed by atoms with Crippen molar-refractivity contribution in [2.75, 3.05) is 7.11 Å². The van der Waals surface area contributed by atoms with Gasteiger partial charge in [0.25, 0.3) is 0 Å². The topological polar surface area (TPSA) is 9.23 Å². The van der Waals surface area contributed by atoms with Crippen molar-refractivity contribution in [1.82, 2.24) is 0 Å². The van der Waals surface area contributed by atoms with Crippen LogP contribution in [-0.2, 0) is 0 Å². The number of aryl methyl sites for hydroxylation is 3. The van der Waals surface area contributed by atoms with Crippen molar-refractivity contribution in [3.63, 3.8) is 0 Å². The SMILES string of the molecule is COc1cc(C(Br)c2cc(C)sc2C)ccc1C. The first-order chi connectivity index (χ1) is 8.52. The molecule has 2 rings (SSSR count). The fourth-order valence-corrected chi connectivity index (χ4v) is 3.95. The van der Waals surface area contributed by atoms with E-state index >= 15 is 0 Å². The third-order valence-corrected chi connectivity index (χ3v) is 5.08. The summed E-state index contributed by atoms with van der Waals surface area (Å²) < 4.78 is 5.39. The maximum absolute atomic E-state index is 5.39. The van der Waals surface area contributed by atoms with Crippen LogP contribution >= 0.6 is 27.3 Å². The summed E-state index contributed by atoms with van der Waals surface area (Å²) >= 11 is 5.64. The summed E-state index contributed by atoms with van der Waals surface area (Å²) in [6.45, 7) is 6.38. The van der Waals surface area contributed by atoms with Gasteiger partial charge in [0.05, 0.1) is 11.9 Å². The Labute approximate surface area is 121 Å². The van der Waals surface area contributed by atoms with E-state index in [-0.39, 0.29) is 4.83 Å². The average Bonchev–Trinajstić information content (AvgIpc) is 2.68. The van der Waals surface area contributed by atoms with E-state index in [0.29, 0.717) is 0 Å². The predicted molar refractivity (Wildman–Crippen MR) is 82.3 cm³/mol. The van der Waals surface area contributed by atoms with Crippen molar-refractivity contribution in [3.05, 3.63) is 50.7 Å². The fourth-order valence-electron chi connectivity index (χ4n) is 2.08. The smallest absolute Gasteiger partial charge is 0.122 e. The van der Waals surface area contributed by atoms with Gasteiger partial charge in [-0.1, -0.05) is 28.1 Å². The lowest BCUT2D eigenvalue weighted by molar-refractivity contribution is 0.411. The number of alkyl halides is 1. The highest BCUT2D eigenvalue weighted by Gasteiger charge is 2.16. The lowest BCUT2D eigenvalue weighted by atomic mass is 10.0. The van der Waals surface area contributed by atoms with Crippen LogP contribution in [0.3, 0.4) is 0 Å². The van der Waals surface area contributed by atoms with Gasteiger partial charge in [0.15, 0.2) is 0 Å². The Balaban J connectivity index is 2.39. The second kappa shape index (κ2) is 5.45. The molecule has 0 radical (unpaired) electrons. The first-order valence-electron chi connectivity index (χ1n) is 5.88. The number of thiophene rings is 1. The van der Waals surface area contributed by atoms with E-state index in [2.05, 4.69) is 61.0 Å². The summed E-state index contributed by atoms with van der Waals surface area (Å²) in [5.41, 5.74) is 3.75. The van der Waals surface area contributed by atoms with Gasteiger partial charge in [-0.2, -0.15) is 0 Å². The van der Waals surface area contributed by atoms with Crippen LogP contribution in [-0.4, -0.2) is 7.11 Å². The number of methoxy groups -OCH3 is 1. The minimum absolute atomic E-state index is 0.233. The summed E-state index contributed by atoms with van der Waals surface area (Å²) in [4.78, 5) is 2.96. The monoisotopic (exact) mass is 324 g/mol. The third-order valence-electron chi connectivity index (χ3n) is 3.08. The predicted octanol–water partition coefficient (Wildman–Crippen LogP) is 5.17. The van der Waals surface area contributed by atoms with Gasteiger partial charge in [-0.05, 0) is 49.6 Å². The summed E-state index contributed by atoms with van der Waals surface area (Å²) in [6, 6.07) is 8.63. The van der Waals surface area contributed by atoms with Gasteiger partial charge < -0.3 is 4.74 Å². The summed E-state index contributed by atoms with van der Waals surface area (Å²) in [6.07, 6.45) is 0. The van der Waals surface area contributed by atoms with Crippen molar-refractivity contribution in [2.45, 2.75) is 25.6 Å². The molecule has 18 heavy (non-hydrogen) atoms. The first-order valence-corrected chi connectivity index (χ1v) is 7.61. The van der Waals surface area contributed by atoms with Gasteiger partial charge in [0.1, 0.15) is 5.75 Å². The molecule has 0 saturated carbocycles. The van der Waals surface area contributed by atoms with Crippen LogP contribution in [0.4, 0.5) is 0 Å². The molecule has 0 aliphatic carbocycles. The molecule has 0 N–H and O–H groups in total. The standard InChI is InChI=1S/C15H17BrOS/c1-9-5-6-12(8-14(9)17-4)15(16)13-7-10(2)18-11(13)3/h5-8,15H,1-4H3. The molecule has 1 heterocycles. The highest BCUT2D eigenvalue weighted by molar-refractivity contribution is 9.09. The van der Waals surface area contributed by atoms with E-state index in [0.717, 1.165) is 5.75 Å². The molecule has 1 atom stereocenters. The van der Waals surface area contributed by atoms with Gasteiger partial charge in [-0.3, -0.25) is 0 Å². The Hall–Kier alpha value is -0.800. The number of ether oxygens (including phenoxy) is 1. The molecule has 1 aromatic heterocycles. The zero-order valence-corrected chi connectivity index (χ0v) is 13.5. The zero-order chi connectivity index (χ0) is 13.3. The Kier molecular flexibility index (Phi) is 4.13. The normalized spacial score (nSPS) is 12.5. The number of rotatable bonds is 3. The van der Waals surface area contributed by atoms with Crippen LogP contribution < -0.4 is 4.74 Å². The van der Waals surface area contributed by atoms with Gasteiger partial charge in [-0.15, -0.1) is 11.3 Å². The first kappa shape index (κ1) is 13.6. The minimum atomic E-state index is 0.233. The molecule has 96 valence electrons. The van der Waals surface area contributed by atoms with Gasteiger partial charge in [0, 0.05) is 9.75 Å². The van der Waals surface area contributed by atoms with Crippen molar-refractivity contribution in [2.24, 2.45) is 0 Å². The Morgan fingerprint density at radius 3 is 2.44 bits per heavy atom. The number of hydrogen-bond acceptors (Lipinski definition) is 2. The maximum Gasteiger partial charge on any atom is 0.122 e. The minimum Gasteiger partial charge on any atom is -0.496 e. The number of hydrogen-bond donors (Lipinski definition) is 0. The van der Waals surface area contributed by atoms with E-state index in [1.807, 2.05) is 11.3 Å². The van der Waals surface area contributed by atoms with E-state index < -0.39 is 0 Å². The van der Waals surface area contributed by atoms with Crippen LogP contribution in [0.1, 0.15) is 31.3 Å². The zero-order valence-electron chi connectivity index (χ0n) is 11.1. The lowest BCUT2D eigenvalue weighted by Gasteiger charge is -2.13. The molecule has 2 aromatic rings. The van der Waals surface area contributed by atoms with Crippen LogP contribution in [0.25, 0.3) is 0 Å². The molecule has 3 heteroatoms. The van der Waals surface area contributed by atoms with Gasteiger partial charge >= 0.3 is 0 Å². The fraction of sp³-hybridized carbons (Fsp3) is 0.333. The van der Waals surface area contributed by atoms with Crippen molar-refractivity contribution in [1.29, 1.82) is 0 Å². The largest absolute Gasteiger partial charge is 0.496 e. The summed E-state index contributed by atoms with van der Waals surface area (Å²) in [7, 11) is 1.72. The molecule has 0 aliphatic rings. The molecule has 0 saturated heterocycles. The maximum atomic E-state index is 5.39. The molecule has 0 fully saturated rings. The second-order valence-electron chi connectivity index (χ2n) is 4.46. The molecule has 1 unspecified atom stereocenters. The Morgan fingerprint density at radius 2 is 1.89 bits per heavy atom. The molecular formula is C15H17BrOS. The lowest BCUT2D eigenvalue weighted by Crippen LogP contribution is -1.95. The Bertz CT molecular complexity index is 560. The molecule has 1 aromatic carbocycles. The van der Waals surface area contributed by atoms with Gasteiger partial charge in [-0.25, -0.2) is 0 Å². The summed E-state index contributed by atoms with van der Waals surface area (Å²) in [5.74, 6) is 0.946. The van der Waals surface area contributed by atoms with Crippen molar-refractivity contribution in [3.8, 4) is 5.75 Å². The van der Waals surface area contributed by atoms with Crippen molar-refractivity contribution >= 4 is 27.3 Å². The quantitative estimate of drug-likeness (QED) is 0.708. The van der Waals surface area contributed by atoms with Crippen LogP contribution in [0.15, 0.2) is 24.3 Å². The molecular weight excluding hydrogens is 308 g/mol. The van der Waals surface area contributed by atoms with E-state index in [4.69, 9.17) is 4.74 Å². The highest BCUT2D eigenvalue weighted by atomic mass is 79.9. The Morgan fingerprint density at radius 1 is 1.17 bits per heavy atom. The second-order valence-corrected chi connectivity index (χ2v) is 6.84. The highest BCUT2D eigenvalue weighted by Crippen LogP contribution is 2.38. The number of halogens is 1. The van der Waals surface area contributed by atoms with E-state index in [1.165, 1.54) is 26.4 Å². The van der Waals surface area contributed by atoms with Crippen LogP contribution in [0.5, 0.6) is 5.75 Å². The third kappa shape index (κ3) is 2.62. The molecule has 0 amide bonds. The molecule has 1 nitrogen and oxygen atoms in total. The molecule has 0 bridgehead atoms. The van der Waals surface area contributed by atoms with Crippen molar-refractivity contribution < 1.29 is 4.74 Å². The van der Waals surface area contributed by atoms with Gasteiger partial charge in [0.2, 0.25) is 0 Å². The molecule has 0 aliphatic heterocycles. The van der Waals surface area contributed by atoms with E-state index in [9.17, 15) is 0 Å². The van der Waals surface area contributed by atoms with Crippen LogP contribution in [0, 0.1) is 20.8 Å².